The summed E-state index contributed by atoms with van der Waals surface area (Å²) in [6.45, 7) is 10.0. The smallest absolute Gasteiger partial charge is 0.190 e. The molecule has 1 fully saturated rings. The lowest BCUT2D eigenvalue weighted by Crippen LogP contribution is -2.37. The van der Waals surface area contributed by atoms with E-state index in [1.54, 1.807) is 12.1 Å². The molecule has 1 saturated heterocycles. The van der Waals surface area contributed by atoms with Gasteiger partial charge in [-0.3, -0.25) is 9.69 Å². The van der Waals surface area contributed by atoms with Crippen LogP contribution in [-0.4, -0.2) is 62.8 Å². The van der Waals surface area contributed by atoms with Crippen LogP contribution in [0.3, 0.4) is 0 Å². The SMILES string of the molecule is Cc1ccc(S(=O)(=O)CCC(C)(C)CSC(=O)CCN2CCOCC2)cc1. The van der Waals surface area contributed by atoms with E-state index in [1.807, 2.05) is 32.9 Å². The molecule has 0 aromatic heterocycles. The minimum atomic E-state index is -3.29. The zero-order valence-corrected chi connectivity index (χ0v) is 18.2. The van der Waals surface area contributed by atoms with E-state index in [0.29, 0.717) is 23.5 Å². The summed E-state index contributed by atoms with van der Waals surface area (Å²) >= 11 is 1.33. The molecule has 27 heavy (non-hydrogen) atoms. The van der Waals surface area contributed by atoms with E-state index in [2.05, 4.69) is 4.90 Å². The van der Waals surface area contributed by atoms with Crippen LogP contribution in [0.5, 0.6) is 0 Å². The molecule has 1 aromatic rings. The molecule has 0 aliphatic carbocycles. The number of aryl methyl sites for hydroxylation is 1. The normalized spacial score (nSPS) is 16.4. The Hall–Kier alpha value is -0.890. The fourth-order valence-electron chi connectivity index (χ4n) is 2.77. The van der Waals surface area contributed by atoms with E-state index >= 15 is 0 Å². The molecular weight excluding hydrogens is 382 g/mol. The number of carbonyl (C=O) groups excluding carboxylic acids is 1. The molecular formula is C20H31NO4S2. The Morgan fingerprint density at radius 1 is 1.19 bits per heavy atom. The average molecular weight is 414 g/mol. The Balaban J connectivity index is 1.75. The van der Waals surface area contributed by atoms with Crippen molar-refractivity contribution in [2.24, 2.45) is 5.41 Å². The molecule has 1 aliphatic heterocycles. The fraction of sp³-hybridized carbons (Fsp3) is 0.650. The van der Waals surface area contributed by atoms with E-state index in [9.17, 15) is 13.2 Å². The lowest BCUT2D eigenvalue weighted by atomic mass is 9.93. The number of benzene rings is 1. The summed E-state index contributed by atoms with van der Waals surface area (Å²) in [5.41, 5.74) is 0.832. The maximum Gasteiger partial charge on any atom is 0.190 e. The van der Waals surface area contributed by atoms with Gasteiger partial charge in [0.2, 0.25) is 0 Å². The second-order valence-corrected chi connectivity index (χ2v) is 11.1. The molecule has 0 radical (unpaired) electrons. The predicted molar refractivity (Wildman–Crippen MR) is 111 cm³/mol. The van der Waals surface area contributed by atoms with Gasteiger partial charge >= 0.3 is 0 Å². The Morgan fingerprint density at radius 3 is 2.44 bits per heavy atom. The predicted octanol–water partition coefficient (Wildman–Crippen LogP) is 3.17. The lowest BCUT2D eigenvalue weighted by Gasteiger charge is -2.26. The first kappa shape index (κ1) is 22.4. The highest BCUT2D eigenvalue weighted by Crippen LogP contribution is 2.28. The number of carbonyl (C=O) groups is 1. The summed E-state index contributed by atoms with van der Waals surface area (Å²) < 4.78 is 30.3. The quantitative estimate of drug-likeness (QED) is 0.620. The second kappa shape index (κ2) is 10.0. The molecule has 5 nitrogen and oxygen atoms in total. The van der Waals surface area contributed by atoms with Crippen molar-refractivity contribution in [3.63, 3.8) is 0 Å². The van der Waals surface area contributed by atoms with Crippen LogP contribution < -0.4 is 0 Å². The number of hydrogen-bond donors (Lipinski definition) is 0. The number of sulfone groups is 1. The van der Waals surface area contributed by atoms with Crippen molar-refractivity contribution >= 4 is 26.7 Å². The van der Waals surface area contributed by atoms with Crippen molar-refractivity contribution in [3.05, 3.63) is 29.8 Å². The topological polar surface area (TPSA) is 63.7 Å². The van der Waals surface area contributed by atoms with Crippen molar-refractivity contribution in [1.29, 1.82) is 0 Å². The van der Waals surface area contributed by atoms with Crippen molar-refractivity contribution in [1.82, 2.24) is 4.90 Å². The first-order valence-electron chi connectivity index (χ1n) is 9.43. The minimum absolute atomic E-state index is 0.103. The summed E-state index contributed by atoms with van der Waals surface area (Å²) in [6.07, 6.45) is 1.06. The van der Waals surface area contributed by atoms with Crippen molar-refractivity contribution < 1.29 is 17.9 Å². The van der Waals surface area contributed by atoms with E-state index in [0.717, 1.165) is 38.4 Å². The van der Waals surface area contributed by atoms with Gasteiger partial charge in [-0.1, -0.05) is 43.3 Å². The Morgan fingerprint density at radius 2 is 1.81 bits per heavy atom. The highest BCUT2D eigenvalue weighted by Gasteiger charge is 2.24. The zero-order valence-electron chi connectivity index (χ0n) is 16.6. The van der Waals surface area contributed by atoms with Crippen LogP contribution in [0.15, 0.2) is 29.2 Å². The van der Waals surface area contributed by atoms with Crippen molar-refractivity contribution in [2.75, 3.05) is 44.4 Å². The largest absolute Gasteiger partial charge is 0.379 e. The van der Waals surface area contributed by atoms with Crippen LogP contribution in [0.2, 0.25) is 0 Å². The number of nitrogens with zero attached hydrogens (tertiary/aromatic N) is 1. The first-order valence-corrected chi connectivity index (χ1v) is 12.1. The maximum absolute atomic E-state index is 12.5. The summed E-state index contributed by atoms with van der Waals surface area (Å²) in [7, 11) is -3.29. The third kappa shape index (κ3) is 7.94. The lowest BCUT2D eigenvalue weighted by molar-refractivity contribution is -0.111. The molecule has 1 aliphatic rings. The van der Waals surface area contributed by atoms with Crippen LogP contribution in [0.4, 0.5) is 0 Å². The molecule has 2 rings (SSSR count). The number of morpholine rings is 1. The van der Waals surface area contributed by atoms with Crippen LogP contribution >= 0.6 is 11.8 Å². The summed E-state index contributed by atoms with van der Waals surface area (Å²) in [5, 5.41) is 0.177. The Labute approximate surface area is 167 Å². The van der Waals surface area contributed by atoms with Crippen LogP contribution in [0.1, 0.15) is 32.3 Å². The van der Waals surface area contributed by atoms with Crippen molar-refractivity contribution in [2.45, 2.75) is 38.5 Å². The van der Waals surface area contributed by atoms with Gasteiger partial charge in [-0.2, -0.15) is 0 Å². The molecule has 1 heterocycles. The molecule has 1 aromatic carbocycles. The summed E-state index contributed by atoms with van der Waals surface area (Å²) in [6, 6.07) is 6.98. The van der Waals surface area contributed by atoms with Gasteiger partial charge in [0.05, 0.1) is 23.9 Å². The molecule has 0 atom stereocenters. The monoisotopic (exact) mass is 413 g/mol. The van der Waals surface area contributed by atoms with Crippen LogP contribution in [0.25, 0.3) is 0 Å². The van der Waals surface area contributed by atoms with Gasteiger partial charge < -0.3 is 4.74 Å². The van der Waals surface area contributed by atoms with E-state index in [4.69, 9.17) is 4.74 Å². The third-order valence-electron chi connectivity index (χ3n) is 4.79. The van der Waals surface area contributed by atoms with Gasteiger partial charge in [0.1, 0.15) is 0 Å². The highest BCUT2D eigenvalue weighted by molar-refractivity contribution is 8.13. The maximum atomic E-state index is 12.5. The molecule has 0 spiro atoms. The Kier molecular flexibility index (Phi) is 8.34. The number of hydrogen-bond acceptors (Lipinski definition) is 6. The first-order chi connectivity index (χ1) is 12.7. The van der Waals surface area contributed by atoms with Gasteiger partial charge in [-0.05, 0) is 30.9 Å². The minimum Gasteiger partial charge on any atom is -0.379 e. The average Bonchev–Trinajstić information content (AvgIpc) is 2.65. The molecule has 7 heteroatoms. The standard InChI is InChI=1S/C20H31NO4S2/c1-17-4-6-18(7-5-17)27(23,24)15-9-20(2,3)16-26-19(22)8-10-21-11-13-25-14-12-21/h4-7H,8-16H2,1-3H3. The molecule has 0 unspecified atom stereocenters. The second-order valence-electron chi connectivity index (χ2n) is 7.91. The molecule has 0 amide bonds. The summed E-state index contributed by atoms with van der Waals surface area (Å²) in [4.78, 5) is 14.8. The van der Waals surface area contributed by atoms with E-state index < -0.39 is 9.84 Å². The number of thioether (sulfide) groups is 1. The van der Waals surface area contributed by atoms with Gasteiger partial charge in [0, 0.05) is 31.8 Å². The summed E-state index contributed by atoms with van der Waals surface area (Å²) in [5.74, 6) is 0.740. The number of ether oxygens (including phenoxy) is 1. The van der Waals surface area contributed by atoms with Crippen LogP contribution in [0, 0.1) is 12.3 Å². The molecule has 0 saturated carbocycles. The molecule has 152 valence electrons. The van der Waals surface area contributed by atoms with Gasteiger partial charge in [0.25, 0.3) is 0 Å². The third-order valence-corrected chi connectivity index (χ3v) is 7.97. The van der Waals surface area contributed by atoms with Gasteiger partial charge in [-0.25, -0.2) is 8.42 Å². The Bertz CT molecular complexity index is 708. The van der Waals surface area contributed by atoms with Crippen molar-refractivity contribution in [3.8, 4) is 0 Å². The van der Waals surface area contributed by atoms with E-state index in [1.165, 1.54) is 11.8 Å². The van der Waals surface area contributed by atoms with Gasteiger partial charge in [0.15, 0.2) is 15.0 Å². The molecule has 0 N–H and O–H groups in total. The molecule has 0 bridgehead atoms. The van der Waals surface area contributed by atoms with Crippen LogP contribution in [-0.2, 0) is 19.4 Å². The van der Waals surface area contributed by atoms with Gasteiger partial charge in [-0.15, -0.1) is 0 Å². The fourth-order valence-corrected chi connectivity index (χ4v) is 5.31. The number of rotatable bonds is 9. The highest BCUT2D eigenvalue weighted by atomic mass is 32.2. The van der Waals surface area contributed by atoms with E-state index in [-0.39, 0.29) is 16.3 Å². The zero-order chi connectivity index (χ0) is 19.9.